The van der Waals surface area contributed by atoms with Gasteiger partial charge in [-0.1, -0.05) is 35.3 Å². The average Bonchev–Trinajstić information content (AvgIpc) is 3.24. The molecule has 2 atom stereocenters. The van der Waals surface area contributed by atoms with Crippen molar-refractivity contribution >= 4 is 35.0 Å². The quantitative estimate of drug-likeness (QED) is 0.653. The molecule has 0 radical (unpaired) electrons. The first kappa shape index (κ1) is 22.0. The molecule has 0 bridgehead atoms. The molecule has 0 aromatic heterocycles. The van der Waals surface area contributed by atoms with Crippen LogP contribution in [0.1, 0.15) is 41.1 Å². The summed E-state index contributed by atoms with van der Waals surface area (Å²) in [6.45, 7) is 2.43. The highest BCUT2D eigenvalue weighted by Crippen LogP contribution is 2.36. The van der Waals surface area contributed by atoms with Gasteiger partial charge in [-0.05, 0) is 55.2 Å². The molecule has 0 unspecified atom stereocenters. The number of halogens is 2. The summed E-state index contributed by atoms with van der Waals surface area (Å²) in [6, 6.07) is 12.7. The molecule has 0 saturated carbocycles. The second-order valence-electron chi connectivity index (χ2n) is 8.21. The molecular formula is C24H26Cl2N2O3. The van der Waals surface area contributed by atoms with Crippen LogP contribution in [0.5, 0.6) is 5.75 Å². The summed E-state index contributed by atoms with van der Waals surface area (Å²) in [5.74, 6) is 0.380. The number of hydrogen-bond donors (Lipinski definition) is 0. The van der Waals surface area contributed by atoms with Crippen molar-refractivity contribution in [3.05, 3.63) is 63.6 Å². The Labute approximate surface area is 192 Å². The number of benzene rings is 2. The largest absolute Gasteiger partial charge is 0.497 e. The average molecular weight is 461 g/mol. The van der Waals surface area contributed by atoms with Crippen LogP contribution in [0.15, 0.2) is 42.5 Å². The number of hydrogen-bond acceptors (Lipinski definition) is 3. The molecule has 2 saturated heterocycles. The zero-order chi connectivity index (χ0) is 22.0. The Hall–Kier alpha value is -2.24. The molecule has 2 aliphatic rings. The SMILES string of the molecule is COc1ccc([C@H]2CN(C(=O)c3ccc(Cl)cc3Cl)C[C@@H]2C(=O)N2CCCCC2)cc1. The van der Waals surface area contributed by atoms with E-state index >= 15 is 0 Å². The normalized spacial score (nSPS) is 21.3. The Morgan fingerprint density at radius 1 is 0.935 bits per heavy atom. The van der Waals surface area contributed by atoms with Gasteiger partial charge >= 0.3 is 0 Å². The van der Waals surface area contributed by atoms with Crippen LogP contribution in [0.2, 0.25) is 10.0 Å². The van der Waals surface area contributed by atoms with E-state index in [1.807, 2.05) is 29.2 Å². The molecule has 164 valence electrons. The summed E-state index contributed by atoms with van der Waals surface area (Å²) in [6.07, 6.45) is 3.24. The highest BCUT2D eigenvalue weighted by atomic mass is 35.5. The lowest BCUT2D eigenvalue weighted by Crippen LogP contribution is -2.42. The Bertz CT molecular complexity index is 958. The first-order valence-corrected chi connectivity index (χ1v) is 11.4. The van der Waals surface area contributed by atoms with Gasteiger partial charge < -0.3 is 14.5 Å². The van der Waals surface area contributed by atoms with E-state index in [4.69, 9.17) is 27.9 Å². The van der Waals surface area contributed by atoms with E-state index in [9.17, 15) is 9.59 Å². The molecule has 2 heterocycles. The lowest BCUT2D eigenvalue weighted by atomic mass is 9.87. The summed E-state index contributed by atoms with van der Waals surface area (Å²) in [5, 5.41) is 0.807. The van der Waals surface area contributed by atoms with E-state index in [-0.39, 0.29) is 23.7 Å². The molecular weight excluding hydrogens is 435 g/mol. The van der Waals surface area contributed by atoms with Crippen molar-refractivity contribution < 1.29 is 14.3 Å². The van der Waals surface area contributed by atoms with Crippen LogP contribution in [0.3, 0.4) is 0 Å². The van der Waals surface area contributed by atoms with Gasteiger partial charge in [0.05, 0.1) is 23.6 Å². The smallest absolute Gasteiger partial charge is 0.255 e. The van der Waals surface area contributed by atoms with Crippen LogP contribution in [0, 0.1) is 5.92 Å². The topological polar surface area (TPSA) is 49.9 Å². The van der Waals surface area contributed by atoms with Crippen LogP contribution in [0.4, 0.5) is 0 Å². The summed E-state index contributed by atoms with van der Waals surface area (Å²) < 4.78 is 5.28. The van der Waals surface area contributed by atoms with Crippen molar-refractivity contribution in [2.75, 3.05) is 33.3 Å². The van der Waals surface area contributed by atoms with Gasteiger partial charge in [-0.2, -0.15) is 0 Å². The monoisotopic (exact) mass is 460 g/mol. The molecule has 2 aliphatic heterocycles. The van der Waals surface area contributed by atoms with Gasteiger partial charge in [0.15, 0.2) is 0 Å². The van der Waals surface area contributed by atoms with Crippen molar-refractivity contribution in [2.45, 2.75) is 25.2 Å². The maximum absolute atomic E-state index is 13.4. The third-order valence-corrected chi connectivity index (χ3v) is 6.85. The number of likely N-dealkylation sites (tertiary alicyclic amines) is 2. The van der Waals surface area contributed by atoms with Crippen LogP contribution in [0.25, 0.3) is 0 Å². The van der Waals surface area contributed by atoms with Crippen LogP contribution >= 0.6 is 23.2 Å². The zero-order valence-corrected chi connectivity index (χ0v) is 19.0. The first-order valence-electron chi connectivity index (χ1n) is 10.6. The van der Waals surface area contributed by atoms with Gasteiger partial charge in [0.25, 0.3) is 5.91 Å². The minimum Gasteiger partial charge on any atom is -0.497 e. The molecule has 2 aromatic carbocycles. The zero-order valence-electron chi connectivity index (χ0n) is 17.5. The number of nitrogens with zero attached hydrogens (tertiary/aromatic N) is 2. The fourth-order valence-corrected chi connectivity index (χ4v) is 5.08. The van der Waals surface area contributed by atoms with Crippen molar-refractivity contribution in [1.29, 1.82) is 0 Å². The minimum absolute atomic E-state index is 0.0737. The Morgan fingerprint density at radius 3 is 2.29 bits per heavy atom. The highest BCUT2D eigenvalue weighted by molar-refractivity contribution is 6.36. The molecule has 2 fully saturated rings. The van der Waals surface area contributed by atoms with E-state index in [1.165, 1.54) is 0 Å². The van der Waals surface area contributed by atoms with Gasteiger partial charge in [-0.25, -0.2) is 0 Å². The van der Waals surface area contributed by atoms with Gasteiger partial charge in [0.2, 0.25) is 5.91 Å². The molecule has 0 N–H and O–H groups in total. The van der Waals surface area contributed by atoms with E-state index in [2.05, 4.69) is 0 Å². The van der Waals surface area contributed by atoms with Crippen molar-refractivity contribution in [3.8, 4) is 5.75 Å². The molecule has 0 spiro atoms. The number of ether oxygens (including phenoxy) is 1. The fraction of sp³-hybridized carbons (Fsp3) is 0.417. The fourth-order valence-electron chi connectivity index (χ4n) is 4.59. The molecule has 2 aromatic rings. The van der Waals surface area contributed by atoms with Crippen molar-refractivity contribution in [2.24, 2.45) is 5.92 Å². The van der Waals surface area contributed by atoms with Crippen LogP contribution in [-0.4, -0.2) is 54.9 Å². The second kappa shape index (κ2) is 9.49. The summed E-state index contributed by atoms with van der Waals surface area (Å²) >= 11 is 12.3. The maximum atomic E-state index is 13.4. The minimum atomic E-state index is -0.276. The number of rotatable bonds is 4. The van der Waals surface area contributed by atoms with Crippen LogP contribution < -0.4 is 4.74 Å². The number of methoxy groups -OCH3 is 1. The molecule has 7 heteroatoms. The molecule has 4 rings (SSSR count). The Morgan fingerprint density at radius 2 is 1.65 bits per heavy atom. The molecule has 0 aliphatic carbocycles. The summed E-state index contributed by atoms with van der Waals surface area (Å²) in [5.41, 5.74) is 1.44. The number of carbonyl (C=O) groups is 2. The van der Waals surface area contributed by atoms with E-state index in [0.29, 0.717) is 28.7 Å². The van der Waals surface area contributed by atoms with Gasteiger partial charge in [0.1, 0.15) is 5.75 Å². The van der Waals surface area contributed by atoms with E-state index < -0.39 is 0 Å². The Kier molecular flexibility index (Phi) is 6.73. The molecule has 31 heavy (non-hydrogen) atoms. The number of piperidine rings is 1. The number of amides is 2. The molecule has 2 amide bonds. The van der Waals surface area contributed by atoms with Gasteiger partial charge in [0, 0.05) is 37.1 Å². The predicted molar refractivity (Wildman–Crippen MR) is 122 cm³/mol. The predicted octanol–water partition coefficient (Wildman–Crippen LogP) is 4.87. The lowest BCUT2D eigenvalue weighted by molar-refractivity contribution is -0.136. The van der Waals surface area contributed by atoms with Crippen molar-refractivity contribution in [1.82, 2.24) is 9.80 Å². The first-order chi connectivity index (χ1) is 15.0. The molecule has 5 nitrogen and oxygen atoms in total. The number of carbonyl (C=O) groups excluding carboxylic acids is 2. The van der Waals surface area contributed by atoms with Gasteiger partial charge in [-0.15, -0.1) is 0 Å². The van der Waals surface area contributed by atoms with Crippen LogP contribution in [-0.2, 0) is 4.79 Å². The Balaban J connectivity index is 1.61. The van der Waals surface area contributed by atoms with Gasteiger partial charge in [-0.3, -0.25) is 9.59 Å². The van der Waals surface area contributed by atoms with Crippen molar-refractivity contribution in [3.63, 3.8) is 0 Å². The van der Waals surface area contributed by atoms with E-state index in [0.717, 1.165) is 43.7 Å². The third kappa shape index (κ3) is 4.68. The lowest BCUT2D eigenvalue weighted by Gasteiger charge is -2.31. The summed E-state index contributed by atoms with van der Waals surface area (Å²) in [7, 11) is 1.63. The highest BCUT2D eigenvalue weighted by Gasteiger charge is 2.42. The summed E-state index contributed by atoms with van der Waals surface area (Å²) in [4.78, 5) is 30.4. The maximum Gasteiger partial charge on any atom is 0.255 e. The standard InChI is InChI=1S/C24H26Cl2N2O3/c1-31-18-8-5-16(6-9-18)20-14-28(23(29)19-10-7-17(25)13-22(19)26)15-21(20)24(30)27-11-3-2-4-12-27/h5-10,13,20-21H,2-4,11-12,14-15H2,1H3/t20-,21+/m1/s1. The second-order valence-corrected chi connectivity index (χ2v) is 9.05. The van der Waals surface area contributed by atoms with E-state index in [1.54, 1.807) is 30.2 Å². The third-order valence-electron chi connectivity index (χ3n) is 6.30.